The van der Waals surface area contributed by atoms with Crippen LogP contribution in [0.5, 0.6) is 5.75 Å². The SMILES string of the molecule is O=C(c1cccc(-c2nc3ccccc3[nH]2)n1)N1CCC2(CCN(Oc3cccc(-c4cn5ccccc5n4)c3)CC2)CC1. The first-order valence-corrected chi connectivity index (χ1v) is 15.3. The maximum absolute atomic E-state index is 13.5. The van der Waals surface area contributed by atoms with Gasteiger partial charge in [0.15, 0.2) is 5.82 Å². The Kier molecular flexibility index (Phi) is 6.60. The highest BCUT2D eigenvalue weighted by Gasteiger charge is 2.39. The number of carbonyl (C=O) groups is 1. The summed E-state index contributed by atoms with van der Waals surface area (Å²) in [4.78, 5) is 39.2. The smallest absolute Gasteiger partial charge is 0.272 e. The zero-order chi connectivity index (χ0) is 29.5. The van der Waals surface area contributed by atoms with Crippen molar-refractivity contribution in [2.75, 3.05) is 26.2 Å². The molecule has 220 valence electrons. The van der Waals surface area contributed by atoms with Crippen LogP contribution in [0.3, 0.4) is 0 Å². The van der Waals surface area contributed by atoms with Gasteiger partial charge in [0.1, 0.15) is 22.8 Å². The van der Waals surface area contributed by atoms with Gasteiger partial charge >= 0.3 is 0 Å². The van der Waals surface area contributed by atoms with Crippen LogP contribution in [0.25, 0.3) is 39.5 Å². The highest BCUT2D eigenvalue weighted by atomic mass is 16.7. The van der Waals surface area contributed by atoms with E-state index in [1.165, 1.54) is 0 Å². The molecule has 1 N–H and O–H groups in total. The third-order valence-electron chi connectivity index (χ3n) is 9.22. The third kappa shape index (κ3) is 5.09. The summed E-state index contributed by atoms with van der Waals surface area (Å²) in [6.07, 6.45) is 8.17. The van der Waals surface area contributed by atoms with E-state index in [4.69, 9.17) is 14.8 Å². The number of hydrogen-bond donors (Lipinski definition) is 1. The lowest BCUT2D eigenvalue weighted by Gasteiger charge is -2.46. The molecule has 6 aromatic rings. The van der Waals surface area contributed by atoms with E-state index >= 15 is 0 Å². The largest absolute Gasteiger partial charge is 0.406 e. The number of amides is 1. The number of imidazole rings is 2. The molecule has 0 unspecified atom stereocenters. The number of fused-ring (bicyclic) bond motifs is 2. The lowest BCUT2D eigenvalue weighted by Crippen LogP contribution is -2.49. The molecule has 0 saturated carbocycles. The number of rotatable bonds is 5. The Labute approximate surface area is 255 Å². The Hall–Kier alpha value is -5.02. The molecule has 44 heavy (non-hydrogen) atoms. The number of hydrogen-bond acceptors (Lipinski definition) is 6. The molecule has 6 heterocycles. The van der Waals surface area contributed by atoms with Gasteiger partial charge in [0.05, 0.1) is 16.7 Å². The molecule has 1 spiro atoms. The van der Waals surface area contributed by atoms with Crippen LogP contribution >= 0.6 is 0 Å². The average Bonchev–Trinajstić information content (AvgIpc) is 3.71. The van der Waals surface area contributed by atoms with Crippen molar-refractivity contribution in [3.05, 3.63) is 103 Å². The number of hydroxylamine groups is 2. The van der Waals surface area contributed by atoms with Crippen LogP contribution in [0.2, 0.25) is 0 Å². The number of aromatic nitrogens is 5. The summed E-state index contributed by atoms with van der Waals surface area (Å²) < 4.78 is 2.03. The van der Waals surface area contributed by atoms with Crippen LogP contribution < -0.4 is 4.84 Å². The molecular weight excluding hydrogens is 550 g/mol. The number of pyridine rings is 2. The highest BCUT2D eigenvalue weighted by Crippen LogP contribution is 2.41. The number of likely N-dealkylation sites (tertiary alicyclic amines) is 1. The second kappa shape index (κ2) is 10.9. The van der Waals surface area contributed by atoms with Gasteiger partial charge in [-0.3, -0.25) is 4.79 Å². The van der Waals surface area contributed by atoms with E-state index in [0.29, 0.717) is 17.2 Å². The summed E-state index contributed by atoms with van der Waals surface area (Å²) >= 11 is 0. The number of nitrogens with zero attached hydrogens (tertiary/aromatic N) is 6. The fourth-order valence-electron chi connectivity index (χ4n) is 6.59. The molecule has 2 saturated heterocycles. The first kappa shape index (κ1) is 26.6. The van der Waals surface area contributed by atoms with Crippen molar-refractivity contribution >= 4 is 22.6 Å². The molecule has 8 rings (SSSR count). The number of nitrogens with one attached hydrogen (secondary N) is 1. The minimum Gasteiger partial charge on any atom is -0.406 e. The number of H-pyrrole nitrogens is 1. The molecule has 1 amide bonds. The topological polar surface area (TPSA) is 91.7 Å². The van der Waals surface area contributed by atoms with Crippen molar-refractivity contribution in [2.24, 2.45) is 5.41 Å². The van der Waals surface area contributed by atoms with Gasteiger partial charge in [-0.05, 0) is 79.6 Å². The molecule has 0 atom stereocenters. The summed E-state index contributed by atoms with van der Waals surface area (Å²) in [7, 11) is 0. The molecule has 4 aromatic heterocycles. The van der Waals surface area contributed by atoms with E-state index in [2.05, 4.69) is 27.2 Å². The Morgan fingerprint density at radius 2 is 1.57 bits per heavy atom. The van der Waals surface area contributed by atoms with Gasteiger partial charge in [-0.2, -0.15) is 0 Å². The fourth-order valence-corrected chi connectivity index (χ4v) is 6.59. The third-order valence-corrected chi connectivity index (χ3v) is 9.22. The fraction of sp³-hybridized carbons (Fsp3) is 0.257. The van der Waals surface area contributed by atoms with Crippen molar-refractivity contribution in [3.8, 4) is 28.5 Å². The predicted molar refractivity (Wildman–Crippen MR) is 169 cm³/mol. The maximum atomic E-state index is 13.5. The van der Waals surface area contributed by atoms with E-state index in [9.17, 15) is 4.79 Å². The first-order valence-electron chi connectivity index (χ1n) is 15.3. The van der Waals surface area contributed by atoms with Crippen LogP contribution in [-0.2, 0) is 0 Å². The van der Waals surface area contributed by atoms with Crippen molar-refractivity contribution < 1.29 is 9.63 Å². The number of piperidine rings is 2. The number of aromatic amines is 1. The van der Waals surface area contributed by atoms with Gasteiger partial charge in [-0.1, -0.05) is 36.4 Å². The van der Waals surface area contributed by atoms with Crippen LogP contribution in [0.15, 0.2) is 97.3 Å². The van der Waals surface area contributed by atoms with Crippen molar-refractivity contribution in [2.45, 2.75) is 25.7 Å². The average molecular weight is 584 g/mol. The second-order valence-corrected chi connectivity index (χ2v) is 11.9. The Bertz CT molecular complexity index is 1890. The molecule has 2 fully saturated rings. The van der Waals surface area contributed by atoms with Crippen molar-refractivity contribution in [1.82, 2.24) is 34.3 Å². The molecule has 9 nitrogen and oxygen atoms in total. The van der Waals surface area contributed by atoms with Gasteiger partial charge in [0, 0.05) is 44.1 Å². The van der Waals surface area contributed by atoms with Gasteiger partial charge in [-0.15, -0.1) is 5.06 Å². The second-order valence-electron chi connectivity index (χ2n) is 11.9. The van der Waals surface area contributed by atoms with Crippen molar-refractivity contribution in [1.29, 1.82) is 0 Å². The zero-order valence-electron chi connectivity index (χ0n) is 24.4. The number of para-hydroxylation sites is 2. The molecule has 2 aliphatic rings. The number of carbonyl (C=O) groups excluding carboxylic acids is 1. The Morgan fingerprint density at radius 1 is 0.773 bits per heavy atom. The summed E-state index contributed by atoms with van der Waals surface area (Å²) in [5, 5.41) is 2.08. The molecular formula is C35H33N7O2. The quantitative estimate of drug-likeness (QED) is 0.258. The molecule has 2 aliphatic heterocycles. The standard InChI is InChI=1S/C35H33N7O2/c43-34(30-12-6-11-29(36-30)33-38-27-9-1-2-10-28(27)39-33)40-19-14-35(15-20-40)16-21-42(22-17-35)44-26-8-5-7-25(23-26)31-24-41-18-4-3-13-32(41)37-31/h1-13,18,23-24H,14-17,19-22H2,(H,38,39). The normalized spacial score (nSPS) is 17.0. The molecule has 0 radical (unpaired) electrons. The van der Waals surface area contributed by atoms with E-state index in [1.807, 2.05) is 88.4 Å². The summed E-state index contributed by atoms with van der Waals surface area (Å²) in [5.74, 6) is 1.49. The summed E-state index contributed by atoms with van der Waals surface area (Å²) in [6.45, 7) is 3.23. The minimum atomic E-state index is -0.0101. The van der Waals surface area contributed by atoms with E-state index in [0.717, 1.165) is 85.5 Å². The Balaban J connectivity index is 0.875. The van der Waals surface area contributed by atoms with E-state index in [-0.39, 0.29) is 11.3 Å². The minimum absolute atomic E-state index is 0.0101. The summed E-state index contributed by atoms with van der Waals surface area (Å²) in [5.41, 5.74) is 6.12. The zero-order valence-corrected chi connectivity index (χ0v) is 24.4. The molecule has 2 aromatic carbocycles. The van der Waals surface area contributed by atoms with E-state index < -0.39 is 0 Å². The summed E-state index contributed by atoms with van der Waals surface area (Å²) in [6, 6.07) is 27.6. The van der Waals surface area contributed by atoms with Crippen LogP contribution in [0, 0.1) is 5.41 Å². The molecule has 0 aliphatic carbocycles. The molecule has 9 heteroatoms. The monoisotopic (exact) mass is 583 g/mol. The van der Waals surface area contributed by atoms with Crippen LogP contribution in [-0.4, -0.2) is 66.4 Å². The highest BCUT2D eigenvalue weighted by molar-refractivity contribution is 5.93. The van der Waals surface area contributed by atoms with Gasteiger partial charge in [-0.25, -0.2) is 15.0 Å². The lowest BCUT2D eigenvalue weighted by atomic mass is 9.71. The predicted octanol–water partition coefficient (Wildman–Crippen LogP) is 6.25. The van der Waals surface area contributed by atoms with Crippen LogP contribution in [0.1, 0.15) is 36.2 Å². The lowest BCUT2D eigenvalue weighted by molar-refractivity contribution is -0.106. The van der Waals surface area contributed by atoms with Gasteiger partial charge in [0.25, 0.3) is 5.91 Å². The van der Waals surface area contributed by atoms with Crippen LogP contribution in [0.4, 0.5) is 0 Å². The van der Waals surface area contributed by atoms with E-state index in [1.54, 1.807) is 6.07 Å². The van der Waals surface area contributed by atoms with Crippen molar-refractivity contribution in [3.63, 3.8) is 0 Å². The van der Waals surface area contributed by atoms with Gasteiger partial charge in [0.2, 0.25) is 0 Å². The first-order chi connectivity index (χ1) is 21.6. The Morgan fingerprint density at radius 3 is 2.41 bits per heavy atom. The maximum Gasteiger partial charge on any atom is 0.272 e. The van der Waals surface area contributed by atoms with Gasteiger partial charge < -0.3 is 19.1 Å². The molecule has 0 bridgehead atoms. The number of benzene rings is 2.